The van der Waals surface area contributed by atoms with Crippen LogP contribution in [0.1, 0.15) is 59.3 Å². The van der Waals surface area contributed by atoms with E-state index >= 15 is 0 Å². The van der Waals surface area contributed by atoms with E-state index in [0.29, 0.717) is 0 Å². The van der Waals surface area contributed by atoms with Crippen LogP contribution in [-0.2, 0) is 0 Å². The van der Waals surface area contributed by atoms with Crippen molar-refractivity contribution in [1.82, 2.24) is 5.32 Å². The standard InChI is InChI=1S/C15H29N/c1-4-5-11(2)10-16-12(3)15-9-13-6-7-14(15)8-13/h11-16H,4-10H2,1-3H3. The Kier molecular flexibility index (Phi) is 4.29. The lowest BCUT2D eigenvalue weighted by Crippen LogP contribution is -2.38. The minimum atomic E-state index is 0.759. The van der Waals surface area contributed by atoms with Crippen LogP contribution in [0.25, 0.3) is 0 Å². The summed E-state index contributed by atoms with van der Waals surface area (Å²) in [6.07, 6.45) is 8.80. The Morgan fingerprint density at radius 1 is 1.19 bits per heavy atom. The maximum Gasteiger partial charge on any atom is 0.00698 e. The topological polar surface area (TPSA) is 12.0 Å². The van der Waals surface area contributed by atoms with Gasteiger partial charge in [-0.3, -0.25) is 0 Å². The van der Waals surface area contributed by atoms with E-state index in [1.807, 2.05) is 0 Å². The van der Waals surface area contributed by atoms with E-state index in [4.69, 9.17) is 0 Å². The lowest BCUT2D eigenvalue weighted by molar-refractivity contribution is 0.252. The lowest BCUT2D eigenvalue weighted by atomic mass is 9.84. The number of hydrogen-bond donors (Lipinski definition) is 1. The third kappa shape index (κ3) is 2.80. The highest BCUT2D eigenvalue weighted by Crippen LogP contribution is 2.49. The summed E-state index contributed by atoms with van der Waals surface area (Å²) >= 11 is 0. The van der Waals surface area contributed by atoms with E-state index in [9.17, 15) is 0 Å². The molecule has 5 atom stereocenters. The predicted octanol–water partition coefficient (Wildman–Crippen LogP) is 3.84. The molecule has 0 radical (unpaired) electrons. The summed E-state index contributed by atoms with van der Waals surface area (Å²) in [4.78, 5) is 0. The SMILES string of the molecule is CCCC(C)CNC(C)C1CC2CCC1C2. The van der Waals surface area contributed by atoms with Gasteiger partial charge in [-0.15, -0.1) is 0 Å². The van der Waals surface area contributed by atoms with Crippen molar-refractivity contribution >= 4 is 0 Å². The molecule has 0 aromatic heterocycles. The zero-order valence-electron chi connectivity index (χ0n) is 11.3. The molecular weight excluding hydrogens is 194 g/mol. The van der Waals surface area contributed by atoms with Gasteiger partial charge in [0.15, 0.2) is 0 Å². The fourth-order valence-corrected chi connectivity index (χ4v) is 4.04. The van der Waals surface area contributed by atoms with Crippen LogP contribution in [0.15, 0.2) is 0 Å². The average molecular weight is 223 g/mol. The third-order valence-electron chi connectivity index (χ3n) is 5.00. The number of rotatable bonds is 6. The van der Waals surface area contributed by atoms with Crippen LogP contribution < -0.4 is 5.32 Å². The van der Waals surface area contributed by atoms with E-state index in [0.717, 1.165) is 29.7 Å². The molecule has 0 aromatic rings. The van der Waals surface area contributed by atoms with Crippen molar-refractivity contribution in [1.29, 1.82) is 0 Å². The molecule has 2 rings (SSSR count). The molecule has 0 spiro atoms. The van der Waals surface area contributed by atoms with Crippen molar-refractivity contribution in [3.8, 4) is 0 Å². The first-order valence-electron chi connectivity index (χ1n) is 7.44. The van der Waals surface area contributed by atoms with Crippen molar-refractivity contribution in [2.45, 2.75) is 65.3 Å². The smallest absolute Gasteiger partial charge is 0.00698 e. The second kappa shape index (κ2) is 5.53. The van der Waals surface area contributed by atoms with Crippen LogP contribution in [0.4, 0.5) is 0 Å². The summed E-state index contributed by atoms with van der Waals surface area (Å²) in [7, 11) is 0. The molecule has 0 heterocycles. The molecule has 2 bridgehead atoms. The van der Waals surface area contributed by atoms with E-state index in [-0.39, 0.29) is 0 Å². The van der Waals surface area contributed by atoms with Crippen LogP contribution in [0.5, 0.6) is 0 Å². The van der Waals surface area contributed by atoms with Gasteiger partial charge in [0.2, 0.25) is 0 Å². The number of fused-ring (bicyclic) bond motifs is 2. The molecule has 2 aliphatic carbocycles. The molecule has 2 fully saturated rings. The second-order valence-electron chi connectivity index (χ2n) is 6.43. The molecular formula is C15H29N. The highest BCUT2D eigenvalue weighted by Gasteiger charge is 2.41. The van der Waals surface area contributed by atoms with Gasteiger partial charge in [-0.2, -0.15) is 0 Å². The largest absolute Gasteiger partial charge is 0.314 e. The van der Waals surface area contributed by atoms with Gasteiger partial charge < -0.3 is 5.32 Å². The van der Waals surface area contributed by atoms with Crippen LogP contribution in [0.2, 0.25) is 0 Å². The van der Waals surface area contributed by atoms with Gasteiger partial charge in [0.25, 0.3) is 0 Å². The summed E-state index contributed by atoms with van der Waals surface area (Å²) in [6, 6.07) is 0.759. The molecule has 1 nitrogen and oxygen atoms in total. The summed E-state index contributed by atoms with van der Waals surface area (Å²) in [5.41, 5.74) is 0. The Bertz CT molecular complexity index is 213. The minimum absolute atomic E-state index is 0.759. The van der Waals surface area contributed by atoms with E-state index < -0.39 is 0 Å². The quantitative estimate of drug-likeness (QED) is 0.721. The molecule has 1 N–H and O–H groups in total. The fraction of sp³-hybridized carbons (Fsp3) is 1.00. The van der Waals surface area contributed by atoms with Crippen LogP contribution in [0, 0.1) is 23.7 Å². The third-order valence-corrected chi connectivity index (χ3v) is 5.00. The first-order chi connectivity index (χ1) is 7.70. The van der Waals surface area contributed by atoms with Gasteiger partial charge >= 0.3 is 0 Å². The maximum absolute atomic E-state index is 3.79. The summed E-state index contributed by atoms with van der Waals surface area (Å²) < 4.78 is 0. The molecule has 5 unspecified atom stereocenters. The lowest BCUT2D eigenvalue weighted by Gasteiger charge is -2.29. The van der Waals surface area contributed by atoms with Crippen LogP contribution in [-0.4, -0.2) is 12.6 Å². The van der Waals surface area contributed by atoms with E-state index in [1.54, 1.807) is 6.42 Å². The maximum atomic E-state index is 3.79. The van der Waals surface area contributed by atoms with Crippen LogP contribution >= 0.6 is 0 Å². The average Bonchev–Trinajstić information content (AvgIpc) is 2.88. The molecule has 2 aliphatic rings. The van der Waals surface area contributed by atoms with E-state index in [1.165, 1.54) is 38.6 Å². The van der Waals surface area contributed by atoms with Gasteiger partial charge in [0, 0.05) is 6.04 Å². The fourth-order valence-electron chi connectivity index (χ4n) is 4.04. The monoisotopic (exact) mass is 223 g/mol. The Labute approximate surface area is 101 Å². The highest BCUT2D eigenvalue weighted by atomic mass is 14.9. The zero-order valence-corrected chi connectivity index (χ0v) is 11.3. The van der Waals surface area contributed by atoms with Crippen molar-refractivity contribution in [2.24, 2.45) is 23.7 Å². The molecule has 0 aliphatic heterocycles. The van der Waals surface area contributed by atoms with Crippen molar-refractivity contribution in [3.05, 3.63) is 0 Å². The summed E-state index contributed by atoms with van der Waals surface area (Å²) in [6.45, 7) is 8.31. The van der Waals surface area contributed by atoms with Gasteiger partial charge in [-0.1, -0.05) is 26.7 Å². The Hall–Kier alpha value is -0.0400. The van der Waals surface area contributed by atoms with Gasteiger partial charge in [0.05, 0.1) is 0 Å². The first-order valence-corrected chi connectivity index (χ1v) is 7.44. The molecule has 1 heteroatoms. The Morgan fingerprint density at radius 2 is 2.00 bits per heavy atom. The highest BCUT2D eigenvalue weighted by molar-refractivity contribution is 4.94. The zero-order chi connectivity index (χ0) is 11.5. The summed E-state index contributed by atoms with van der Waals surface area (Å²) in [5.74, 6) is 4.00. The van der Waals surface area contributed by atoms with Crippen molar-refractivity contribution in [3.63, 3.8) is 0 Å². The first kappa shape index (κ1) is 12.4. The molecule has 0 aromatic carbocycles. The Morgan fingerprint density at radius 3 is 2.56 bits per heavy atom. The number of nitrogens with one attached hydrogen (secondary N) is 1. The Balaban J connectivity index is 1.70. The molecule has 2 saturated carbocycles. The molecule has 16 heavy (non-hydrogen) atoms. The normalized spacial score (nSPS) is 36.6. The minimum Gasteiger partial charge on any atom is -0.314 e. The van der Waals surface area contributed by atoms with Gasteiger partial charge in [-0.25, -0.2) is 0 Å². The van der Waals surface area contributed by atoms with Crippen molar-refractivity contribution < 1.29 is 0 Å². The molecule has 0 amide bonds. The molecule has 94 valence electrons. The van der Waals surface area contributed by atoms with Crippen LogP contribution in [0.3, 0.4) is 0 Å². The van der Waals surface area contributed by atoms with E-state index in [2.05, 4.69) is 26.1 Å². The van der Waals surface area contributed by atoms with Gasteiger partial charge in [0.1, 0.15) is 0 Å². The van der Waals surface area contributed by atoms with Crippen molar-refractivity contribution in [2.75, 3.05) is 6.54 Å². The predicted molar refractivity (Wildman–Crippen MR) is 70.5 cm³/mol. The summed E-state index contributed by atoms with van der Waals surface area (Å²) in [5, 5.41) is 3.79. The van der Waals surface area contributed by atoms with Gasteiger partial charge in [-0.05, 0) is 62.8 Å². The second-order valence-corrected chi connectivity index (χ2v) is 6.43. The molecule has 0 saturated heterocycles. The number of hydrogen-bond acceptors (Lipinski definition) is 1.